The lowest BCUT2D eigenvalue weighted by atomic mass is 10.1. The van der Waals surface area contributed by atoms with Crippen LogP contribution in [0.2, 0.25) is 0 Å². The fourth-order valence-electron chi connectivity index (χ4n) is 2.58. The smallest absolute Gasteiger partial charge is 0.203 e. The number of benzene rings is 2. The first-order valence-corrected chi connectivity index (χ1v) is 8.08. The Morgan fingerprint density at radius 1 is 0.926 bits per heavy atom. The van der Waals surface area contributed by atoms with E-state index in [1.807, 2.05) is 12.1 Å². The van der Waals surface area contributed by atoms with E-state index in [-0.39, 0.29) is 0 Å². The van der Waals surface area contributed by atoms with E-state index in [2.05, 4.69) is 21.4 Å². The molecule has 2 aromatic carbocycles. The van der Waals surface area contributed by atoms with Crippen molar-refractivity contribution in [2.24, 2.45) is 0 Å². The molecule has 0 spiro atoms. The van der Waals surface area contributed by atoms with Gasteiger partial charge in [0.05, 0.1) is 51.0 Å². The summed E-state index contributed by atoms with van der Waals surface area (Å²) in [6, 6.07) is 12.8. The normalized spacial score (nSPS) is 10.0. The maximum Gasteiger partial charge on any atom is 0.203 e. The van der Waals surface area contributed by atoms with Crippen molar-refractivity contribution in [3.05, 3.63) is 54.4 Å². The molecule has 3 rings (SSSR count). The van der Waals surface area contributed by atoms with Crippen molar-refractivity contribution < 1.29 is 14.2 Å². The molecule has 0 aliphatic heterocycles. The van der Waals surface area contributed by atoms with E-state index < -0.39 is 0 Å². The molecule has 0 fully saturated rings. The predicted molar refractivity (Wildman–Crippen MR) is 102 cm³/mol. The number of nitrogens with one attached hydrogen (secondary N) is 1. The van der Waals surface area contributed by atoms with Crippen LogP contribution in [0.1, 0.15) is 5.56 Å². The van der Waals surface area contributed by atoms with Gasteiger partial charge in [0.2, 0.25) is 5.75 Å². The molecular formula is C20H18N4O3. The lowest BCUT2D eigenvalue weighted by Gasteiger charge is -2.15. The molecule has 0 saturated carbocycles. The third-order valence-corrected chi connectivity index (χ3v) is 3.88. The van der Waals surface area contributed by atoms with Gasteiger partial charge in [0.15, 0.2) is 11.5 Å². The van der Waals surface area contributed by atoms with Gasteiger partial charge in [-0.1, -0.05) is 12.1 Å². The highest BCUT2D eigenvalue weighted by Crippen LogP contribution is 2.40. The lowest BCUT2D eigenvalue weighted by Crippen LogP contribution is -2.00. The van der Waals surface area contributed by atoms with E-state index >= 15 is 0 Å². The van der Waals surface area contributed by atoms with Crippen LogP contribution < -0.4 is 19.5 Å². The largest absolute Gasteiger partial charge is 0.493 e. The van der Waals surface area contributed by atoms with E-state index in [1.54, 1.807) is 58.0 Å². The second-order valence-corrected chi connectivity index (χ2v) is 5.52. The molecule has 0 amide bonds. The number of hydrogen-bond donors (Lipinski definition) is 1. The Bertz CT molecular complexity index is 956. The van der Waals surface area contributed by atoms with Crippen molar-refractivity contribution in [2.75, 3.05) is 26.6 Å². The standard InChI is InChI=1S/C20H18N4O3/c1-25-17-8-15(9-18(26-2)20(17)27-3)23-19-12-22-11-16(24-19)14-6-4-13(10-21)5-7-14/h4-9,11-12H,1-3H3,(H,23,24). The first kappa shape index (κ1) is 18.0. The molecule has 0 unspecified atom stereocenters. The van der Waals surface area contributed by atoms with Gasteiger partial charge in [-0.05, 0) is 12.1 Å². The summed E-state index contributed by atoms with van der Waals surface area (Å²) in [5, 5.41) is 12.1. The van der Waals surface area contributed by atoms with Crippen molar-refractivity contribution >= 4 is 11.5 Å². The highest BCUT2D eigenvalue weighted by Gasteiger charge is 2.13. The second-order valence-electron chi connectivity index (χ2n) is 5.52. The minimum atomic E-state index is 0.517. The Balaban J connectivity index is 1.91. The first-order valence-electron chi connectivity index (χ1n) is 8.08. The van der Waals surface area contributed by atoms with Crippen LogP contribution in [0, 0.1) is 11.3 Å². The van der Waals surface area contributed by atoms with Crippen LogP contribution in [0.5, 0.6) is 17.2 Å². The van der Waals surface area contributed by atoms with Crippen LogP contribution in [-0.2, 0) is 0 Å². The number of ether oxygens (including phenoxy) is 3. The minimum absolute atomic E-state index is 0.517. The number of hydrogen-bond acceptors (Lipinski definition) is 7. The van der Waals surface area contributed by atoms with Crippen molar-refractivity contribution in [3.8, 4) is 34.6 Å². The van der Waals surface area contributed by atoms with E-state index in [9.17, 15) is 0 Å². The zero-order chi connectivity index (χ0) is 19.2. The van der Waals surface area contributed by atoms with Gasteiger partial charge in [-0.15, -0.1) is 0 Å². The van der Waals surface area contributed by atoms with Crippen molar-refractivity contribution in [1.82, 2.24) is 9.97 Å². The van der Waals surface area contributed by atoms with Gasteiger partial charge in [0.1, 0.15) is 5.82 Å². The molecule has 27 heavy (non-hydrogen) atoms. The van der Waals surface area contributed by atoms with Gasteiger partial charge in [0, 0.05) is 23.4 Å². The number of rotatable bonds is 6. The summed E-state index contributed by atoms with van der Waals surface area (Å²) < 4.78 is 16.1. The maximum absolute atomic E-state index is 8.91. The first-order chi connectivity index (χ1) is 13.2. The second kappa shape index (κ2) is 8.06. The Kier molecular flexibility index (Phi) is 5.38. The molecule has 0 radical (unpaired) electrons. The monoisotopic (exact) mass is 362 g/mol. The van der Waals surface area contributed by atoms with Gasteiger partial charge >= 0.3 is 0 Å². The molecule has 1 aromatic heterocycles. The van der Waals surface area contributed by atoms with Gasteiger partial charge in [-0.3, -0.25) is 4.98 Å². The quantitative estimate of drug-likeness (QED) is 0.713. The van der Waals surface area contributed by atoms with Crippen molar-refractivity contribution in [3.63, 3.8) is 0 Å². The van der Waals surface area contributed by atoms with Crippen molar-refractivity contribution in [1.29, 1.82) is 5.26 Å². The molecule has 1 heterocycles. The fourth-order valence-corrected chi connectivity index (χ4v) is 2.58. The molecule has 0 aliphatic carbocycles. The zero-order valence-electron chi connectivity index (χ0n) is 15.2. The Morgan fingerprint density at radius 3 is 2.15 bits per heavy atom. The Morgan fingerprint density at radius 2 is 1.59 bits per heavy atom. The van der Waals surface area contributed by atoms with Crippen molar-refractivity contribution in [2.45, 2.75) is 0 Å². The molecular weight excluding hydrogens is 344 g/mol. The summed E-state index contributed by atoms with van der Waals surface area (Å²) in [4.78, 5) is 8.82. The molecule has 7 heteroatoms. The maximum atomic E-state index is 8.91. The third kappa shape index (κ3) is 3.90. The molecule has 136 valence electrons. The number of aromatic nitrogens is 2. The van der Waals surface area contributed by atoms with E-state index in [0.717, 1.165) is 11.3 Å². The Hall–Kier alpha value is -3.79. The topological polar surface area (TPSA) is 89.3 Å². The van der Waals surface area contributed by atoms with Crippen LogP contribution >= 0.6 is 0 Å². The third-order valence-electron chi connectivity index (χ3n) is 3.88. The molecule has 7 nitrogen and oxygen atoms in total. The highest BCUT2D eigenvalue weighted by atomic mass is 16.5. The number of anilines is 2. The van der Waals surface area contributed by atoms with Crippen LogP contribution in [-0.4, -0.2) is 31.3 Å². The van der Waals surface area contributed by atoms with Gasteiger partial charge < -0.3 is 19.5 Å². The molecule has 1 N–H and O–H groups in total. The lowest BCUT2D eigenvalue weighted by molar-refractivity contribution is 0.324. The summed E-state index contributed by atoms with van der Waals surface area (Å²) in [7, 11) is 4.68. The van der Waals surface area contributed by atoms with Gasteiger partial charge in [0.25, 0.3) is 0 Å². The van der Waals surface area contributed by atoms with Gasteiger partial charge in [-0.25, -0.2) is 4.98 Å². The minimum Gasteiger partial charge on any atom is -0.493 e. The van der Waals surface area contributed by atoms with Crippen LogP contribution in [0.25, 0.3) is 11.3 Å². The summed E-state index contributed by atoms with van der Waals surface area (Å²) in [5.74, 6) is 2.15. The zero-order valence-corrected chi connectivity index (χ0v) is 15.2. The summed E-state index contributed by atoms with van der Waals surface area (Å²) >= 11 is 0. The number of nitriles is 1. The summed E-state index contributed by atoms with van der Waals surface area (Å²) in [5.41, 5.74) is 2.88. The predicted octanol–water partition coefficient (Wildman–Crippen LogP) is 3.78. The van der Waals surface area contributed by atoms with E-state index in [4.69, 9.17) is 19.5 Å². The average molecular weight is 362 g/mol. The molecule has 0 saturated heterocycles. The Labute approximate surface area is 157 Å². The van der Waals surface area contributed by atoms with E-state index in [1.165, 1.54) is 0 Å². The summed E-state index contributed by atoms with van der Waals surface area (Å²) in [6.07, 6.45) is 3.29. The van der Waals surface area contributed by atoms with Crippen LogP contribution in [0.3, 0.4) is 0 Å². The summed E-state index contributed by atoms with van der Waals surface area (Å²) in [6.45, 7) is 0. The molecule has 0 aliphatic rings. The van der Waals surface area contributed by atoms with E-state index in [0.29, 0.717) is 34.3 Å². The van der Waals surface area contributed by atoms with Crippen LogP contribution in [0.15, 0.2) is 48.8 Å². The number of methoxy groups -OCH3 is 3. The van der Waals surface area contributed by atoms with Gasteiger partial charge in [-0.2, -0.15) is 5.26 Å². The molecule has 0 bridgehead atoms. The average Bonchev–Trinajstić information content (AvgIpc) is 2.73. The molecule has 3 aromatic rings. The molecule has 0 atom stereocenters. The van der Waals surface area contributed by atoms with Crippen LogP contribution in [0.4, 0.5) is 11.5 Å². The highest BCUT2D eigenvalue weighted by molar-refractivity contribution is 5.68. The fraction of sp³-hybridized carbons (Fsp3) is 0.150. The number of nitrogens with zero attached hydrogens (tertiary/aromatic N) is 3. The SMILES string of the molecule is COc1cc(Nc2cncc(-c3ccc(C#N)cc3)n2)cc(OC)c1OC.